The largest absolute Gasteiger partial charge is 0.356 e. The molecule has 1 atom stereocenters. The average Bonchev–Trinajstić information content (AvgIpc) is 2.55. The molecule has 0 fully saturated rings. The van der Waals surface area contributed by atoms with Gasteiger partial charge in [-0.2, -0.15) is 0 Å². The fraction of sp³-hybridized carbons (Fsp3) is 0.900. The summed E-state index contributed by atoms with van der Waals surface area (Å²) in [6.45, 7) is 7.08. The van der Waals surface area contributed by atoms with Gasteiger partial charge >= 0.3 is 0 Å². The second kappa shape index (κ2) is 16.0. The predicted octanol–water partition coefficient (Wildman–Crippen LogP) is 5.42. The average molecular weight is 326 g/mol. The molecular weight excluding hydrogens is 286 g/mol. The lowest BCUT2D eigenvalue weighted by Crippen LogP contribution is -2.25. The first-order chi connectivity index (χ1) is 11.1. The third kappa shape index (κ3) is 14.5. The van der Waals surface area contributed by atoms with E-state index in [2.05, 4.69) is 19.2 Å². The smallest absolute Gasteiger partial charge is 0.219 e. The molecule has 0 saturated carbocycles. The highest BCUT2D eigenvalue weighted by Gasteiger charge is 2.12. The molecule has 136 valence electrons. The van der Waals surface area contributed by atoms with Gasteiger partial charge in [0.1, 0.15) is 5.78 Å². The van der Waals surface area contributed by atoms with Crippen LogP contribution in [0.4, 0.5) is 0 Å². The van der Waals surface area contributed by atoms with Crippen molar-refractivity contribution in [2.45, 2.75) is 104 Å². The molecule has 0 spiro atoms. The van der Waals surface area contributed by atoms with Crippen LogP contribution in [0.15, 0.2) is 0 Å². The van der Waals surface area contributed by atoms with E-state index in [0.29, 0.717) is 25.2 Å². The zero-order valence-corrected chi connectivity index (χ0v) is 15.8. The Morgan fingerprint density at radius 1 is 0.783 bits per heavy atom. The molecule has 1 unspecified atom stereocenters. The van der Waals surface area contributed by atoms with E-state index in [1.807, 2.05) is 6.92 Å². The highest BCUT2D eigenvalue weighted by Crippen LogP contribution is 2.13. The molecule has 0 aliphatic rings. The number of carbonyl (C=O) groups excluding carboxylic acids is 2. The van der Waals surface area contributed by atoms with E-state index >= 15 is 0 Å². The molecule has 1 amide bonds. The van der Waals surface area contributed by atoms with Crippen LogP contribution in [0.5, 0.6) is 0 Å². The van der Waals surface area contributed by atoms with Crippen LogP contribution in [0.1, 0.15) is 104 Å². The number of amides is 1. The number of nitrogens with one attached hydrogen (secondary N) is 1. The van der Waals surface area contributed by atoms with E-state index in [-0.39, 0.29) is 11.8 Å². The summed E-state index contributed by atoms with van der Waals surface area (Å²) in [7, 11) is 0. The molecule has 0 heterocycles. The maximum atomic E-state index is 12.0. The van der Waals surface area contributed by atoms with Gasteiger partial charge in [0.25, 0.3) is 0 Å². The van der Waals surface area contributed by atoms with E-state index in [4.69, 9.17) is 0 Å². The van der Waals surface area contributed by atoms with E-state index in [0.717, 1.165) is 32.1 Å². The Morgan fingerprint density at radius 2 is 1.39 bits per heavy atom. The molecule has 0 aromatic heterocycles. The normalized spacial score (nSPS) is 12.1. The Hall–Kier alpha value is -0.860. The van der Waals surface area contributed by atoms with Crippen molar-refractivity contribution in [1.29, 1.82) is 0 Å². The molecule has 0 radical (unpaired) electrons. The number of hydrogen-bond acceptors (Lipinski definition) is 2. The molecule has 0 saturated heterocycles. The minimum Gasteiger partial charge on any atom is -0.356 e. The minimum atomic E-state index is 0.140. The number of hydrogen-bond donors (Lipinski definition) is 1. The third-order valence-corrected chi connectivity index (χ3v) is 4.47. The van der Waals surface area contributed by atoms with Gasteiger partial charge in [-0.25, -0.2) is 0 Å². The highest BCUT2D eigenvalue weighted by molar-refractivity contribution is 5.80. The summed E-state index contributed by atoms with van der Waals surface area (Å²) >= 11 is 0. The summed E-state index contributed by atoms with van der Waals surface area (Å²) in [5.41, 5.74) is 0. The standard InChI is InChI=1S/C20H39NO2/c1-4-6-8-10-12-16-20(23)21-17-13-15-19(22)18(3)14-11-9-7-5-2/h18H,4-17H2,1-3H3,(H,21,23). The quantitative estimate of drug-likeness (QED) is 0.385. The van der Waals surface area contributed by atoms with Crippen molar-refractivity contribution in [3.63, 3.8) is 0 Å². The number of carbonyl (C=O) groups is 2. The summed E-state index contributed by atoms with van der Waals surface area (Å²) in [4.78, 5) is 23.7. The van der Waals surface area contributed by atoms with Crippen molar-refractivity contribution >= 4 is 11.7 Å². The van der Waals surface area contributed by atoms with Crippen LogP contribution < -0.4 is 5.32 Å². The molecule has 1 N–H and O–H groups in total. The predicted molar refractivity (Wildman–Crippen MR) is 98.5 cm³/mol. The van der Waals surface area contributed by atoms with Gasteiger partial charge < -0.3 is 5.32 Å². The third-order valence-electron chi connectivity index (χ3n) is 4.47. The molecule has 23 heavy (non-hydrogen) atoms. The SMILES string of the molecule is CCCCCCCC(=O)NCCCC(=O)C(C)CCCCCC. The van der Waals surface area contributed by atoms with Crippen molar-refractivity contribution < 1.29 is 9.59 Å². The zero-order valence-electron chi connectivity index (χ0n) is 15.8. The van der Waals surface area contributed by atoms with Gasteiger partial charge in [-0.05, 0) is 19.3 Å². The first-order valence-electron chi connectivity index (χ1n) is 9.91. The Balaban J connectivity index is 3.50. The summed E-state index contributed by atoms with van der Waals surface area (Å²) in [6, 6.07) is 0. The topological polar surface area (TPSA) is 46.2 Å². The molecule has 3 nitrogen and oxygen atoms in total. The minimum absolute atomic E-state index is 0.140. The molecular formula is C20H39NO2. The second-order valence-electron chi connectivity index (χ2n) is 6.83. The fourth-order valence-electron chi connectivity index (χ4n) is 2.75. The summed E-state index contributed by atoms with van der Waals surface area (Å²) in [5, 5.41) is 2.94. The van der Waals surface area contributed by atoms with Crippen LogP contribution in [0, 0.1) is 5.92 Å². The van der Waals surface area contributed by atoms with Gasteiger partial charge in [-0.1, -0.05) is 72.1 Å². The fourth-order valence-corrected chi connectivity index (χ4v) is 2.75. The molecule has 0 aromatic rings. The number of unbranched alkanes of at least 4 members (excludes halogenated alkanes) is 7. The van der Waals surface area contributed by atoms with Gasteiger partial charge in [0.2, 0.25) is 5.91 Å². The lowest BCUT2D eigenvalue weighted by molar-refractivity contribution is -0.123. The van der Waals surface area contributed by atoms with E-state index in [9.17, 15) is 9.59 Å². The van der Waals surface area contributed by atoms with Crippen LogP contribution in [-0.2, 0) is 9.59 Å². The van der Waals surface area contributed by atoms with E-state index < -0.39 is 0 Å². The maximum absolute atomic E-state index is 12.0. The Bertz CT molecular complexity index is 302. The lowest BCUT2D eigenvalue weighted by Gasteiger charge is -2.10. The second-order valence-corrected chi connectivity index (χ2v) is 6.83. The summed E-state index contributed by atoms with van der Waals surface area (Å²) in [6.07, 6.45) is 13.8. The van der Waals surface area contributed by atoms with Crippen LogP contribution in [-0.4, -0.2) is 18.2 Å². The van der Waals surface area contributed by atoms with Gasteiger partial charge in [-0.3, -0.25) is 9.59 Å². The van der Waals surface area contributed by atoms with Crippen LogP contribution in [0.2, 0.25) is 0 Å². The van der Waals surface area contributed by atoms with Crippen molar-refractivity contribution in [3.8, 4) is 0 Å². The van der Waals surface area contributed by atoms with Gasteiger partial charge in [-0.15, -0.1) is 0 Å². The zero-order chi connectivity index (χ0) is 17.3. The van der Waals surface area contributed by atoms with E-state index in [1.165, 1.54) is 38.5 Å². The van der Waals surface area contributed by atoms with Crippen LogP contribution in [0.3, 0.4) is 0 Å². The van der Waals surface area contributed by atoms with Gasteiger partial charge in [0, 0.05) is 25.3 Å². The first-order valence-corrected chi connectivity index (χ1v) is 9.91. The molecule has 0 bridgehead atoms. The first kappa shape index (κ1) is 22.1. The lowest BCUT2D eigenvalue weighted by atomic mass is 9.96. The van der Waals surface area contributed by atoms with Crippen LogP contribution >= 0.6 is 0 Å². The van der Waals surface area contributed by atoms with Crippen molar-refractivity contribution in [3.05, 3.63) is 0 Å². The van der Waals surface area contributed by atoms with E-state index in [1.54, 1.807) is 0 Å². The number of ketones is 1. The summed E-state index contributed by atoms with van der Waals surface area (Å²) < 4.78 is 0. The highest BCUT2D eigenvalue weighted by atomic mass is 16.1. The van der Waals surface area contributed by atoms with Gasteiger partial charge in [0.15, 0.2) is 0 Å². The number of Topliss-reactive ketones (excluding diaryl/α,β-unsaturated/α-hetero) is 1. The molecule has 0 aliphatic heterocycles. The molecule has 0 aliphatic carbocycles. The molecule has 0 aromatic carbocycles. The summed E-state index contributed by atoms with van der Waals surface area (Å²) in [5.74, 6) is 0.679. The molecule has 3 heteroatoms. The molecule has 0 rings (SSSR count). The monoisotopic (exact) mass is 325 g/mol. The Morgan fingerprint density at radius 3 is 2.04 bits per heavy atom. The Labute approximate surface area is 144 Å². The van der Waals surface area contributed by atoms with Crippen molar-refractivity contribution in [2.75, 3.05) is 6.54 Å². The van der Waals surface area contributed by atoms with Crippen molar-refractivity contribution in [1.82, 2.24) is 5.32 Å². The maximum Gasteiger partial charge on any atom is 0.219 e. The van der Waals surface area contributed by atoms with Crippen molar-refractivity contribution in [2.24, 2.45) is 5.92 Å². The number of rotatable bonds is 16. The van der Waals surface area contributed by atoms with Crippen LogP contribution in [0.25, 0.3) is 0 Å². The van der Waals surface area contributed by atoms with Gasteiger partial charge in [0.05, 0.1) is 0 Å². The Kier molecular flexibility index (Phi) is 15.4.